The van der Waals surface area contributed by atoms with Crippen molar-refractivity contribution < 1.29 is 28.6 Å². The topological polar surface area (TPSA) is 78.9 Å². The van der Waals surface area contributed by atoms with Gasteiger partial charge in [0.25, 0.3) is 0 Å². The second-order valence-corrected chi connectivity index (χ2v) is 22.0. The van der Waals surface area contributed by atoms with Gasteiger partial charge in [-0.2, -0.15) is 0 Å². The van der Waals surface area contributed by atoms with Crippen LogP contribution in [-0.2, 0) is 28.6 Å². The van der Waals surface area contributed by atoms with E-state index in [1.54, 1.807) is 0 Å². The van der Waals surface area contributed by atoms with Crippen LogP contribution in [0.4, 0.5) is 0 Å². The number of hydrogen-bond donors (Lipinski definition) is 0. The molecule has 1 atom stereocenters. The average molecular weight is 1040 g/mol. The lowest BCUT2D eigenvalue weighted by Crippen LogP contribution is -2.30. The minimum absolute atomic E-state index is 0.0750. The summed E-state index contributed by atoms with van der Waals surface area (Å²) >= 11 is 0. The highest BCUT2D eigenvalue weighted by molar-refractivity contribution is 5.71. The Morgan fingerprint density at radius 1 is 0.270 bits per heavy atom. The second kappa shape index (κ2) is 62.9. The van der Waals surface area contributed by atoms with E-state index in [1.165, 1.54) is 244 Å². The Morgan fingerprint density at radius 2 is 0.486 bits per heavy atom. The molecular weight excluding hydrogens is 913 g/mol. The molecule has 6 nitrogen and oxygen atoms in total. The quantitative estimate of drug-likeness (QED) is 0.0261. The molecule has 74 heavy (non-hydrogen) atoms. The van der Waals surface area contributed by atoms with E-state index >= 15 is 0 Å². The molecule has 0 spiro atoms. The van der Waals surface area contributed by atoms with Crippen molar-refractivity contribution in [2.45, 2.75) is 354 Å². The van der Waals surface area contributed by atoms with Gasteiger partial charge in [0, 0.05) is 19.3 Å². The maximum Gasteiger partial charge on any atom is 0.306 e. The highest BCUT2D eigenvalue weighted by Gasteiger charge is 2.19. The van der Waals surface area contributed by atoms with Crippen molar-refractivity contribution in [2.24, 2.45) is 0 Å². The molecule has 0 aliphatic heterocycles. The fraction of sp³-hybridized carbons (Fsp3) is 0.838. The summed E-state index contributed by atoms with van der Waals surface area (Å²) in [6.07, 6.45) is 78.2. The van der Waals surface area contributed by atoms with Gasteiger partial charge in [0.15, 0.2) is 6.10 Å². The van der Waals surface area contributed by atoms with Crippen molar-refractivity contribution >= 4 is 17.9 Å². The number of carbonyl (C=O) groups excluding carboxylic acids is 3. The Hall–Kier alpha value is -2.63. The predicted octanol–water partition coefficient (Wildman–Crippen LogP) is 22.2. The van der Waals surface area contributed by atoms with E-state index in [-0.39, 0.29) is 31.1 Å². The van der Waals surface area contributed by atoms with Gasteiger partial charge in [0.2, 0.25) is 0 Å². The van der Waals surface area contributed by atoms with Crippen LogP contribution in [0.2, 0.25) is 0 Å². The molecule has 0 saturated heterocycles. The molecule has 0 N–H and O–H groups in total. The highest BCUT2D eigenvalue weighted by atomic mass is 16.6. The minimum Gasteiger partial charge on any atom is -0.462 e. The lowest BCUT2D eigenvalue weighted by atomic mass is 10.1. The molecule has 0 rings (SSSR count). The molecule has 0 amide bonds. The summed E-state index contributed by atoms with van der Waals surface area (Å²) in [4.78, 5) is 38.4. The van der Waals surface area contributed by atoms with Crippen LogP contribution in [0.15, 0.2) is 48.6 Å². The van der Waals surface area contributed by atoms with Crippen molar-refractivity contribution in [3.8, 4) is 0 Å². The largest absolute Gasteiger partial charge is 0.462 e. The number of ether oxygens (including phenoxy) is 3. The minimum atomic E-state index is -0.778. The number of allylic oxidation sites excluding steroid dienone is 8. The third kappa shape index (κ3) is 60.2. The molecule has 0 bridgehead atoms. The third-order valence-electron chi connectivity index (χ3n) is 14.5. The van der Waals surface area contributed by atoms with Crippen LogP contribution >= 0.6 is 0 Å². The zero-order valence-electron chi connectivity index (χ0n) is 49.6. The first kappa shape index (κ1) is 71.4. The van der Waals surface area contributed by atoms with E-state index in [0.717, 1.165) is 64.2 Å². The van der Waals surface area contributed by atoms with Gasteiger partial charge in [-0.25, -0.2) is 0 Å². The van der Waals surface area contributed by atoms with Crippen LogP contribution in [0, 0.1) is 0 Å². The highest BCUT2D eigenvalue weighted by Crippen LogP contribution is 2.17. The third-order valence-corrected chi connectivity index (χ3v) is 14.5. The summed E-state index contributed by atoms with van der Waals surface area (Å²) < 4.78 is 17.0. The first-order valence-electron chi connectivity index (χ1n) is 32.6. The zero-order valence-corrected chi connectivity index (χ0v) is 49.6. The fourth-order valence-electron chi connectivity index (χ4n) is 9.58. The summed E-state index contributed by atoms with van der Waals surface area (Å²) in [6.45, 7) is 6.65. The molecule has 6 heteroatoms. The van der Waals surface area contributed by atoms with Crippen LogP contribution in [0.25, 0.3) is 0 Å². The Labute approximate surface area is 460 Å². The van der Waals surface area contributed by atoms with E-state index in [4.69, 9.17) is 14.2 Å². The van der Waals surface area contributed by atoms with Gasteiger partial charge >= 0.3 is 17.9 Å². The second-order valence-electron chi connectivity index (χ2n) is 22.0. The Kier molecular flexibility index (Phi) is 60.7. The van der Waals surface area contributed by atoms with Gasteiger partial charge < -0.3 is 14.2 Å². The summed E-state index contributed by atoms with van der Waals surface area (Å²) in [7, 11) is 0. The van der Waals surface area contributed by atoms with Crippen LogP contribution in [0.3, 0.4) is 0 Å². The normalized spacial score (nSPS) is 12.3. The molecule has 0 aromatic carbocycles. The molecule has 0 heterocycles. The Morgan fingerprint density at radius 3 is 0.784 bits per heavy atom. The Balaban J connectivity index is 4.36. The molecule has 0 saturated carbocycles. The predicted molar refractivity (Wildman–Crippen MR) is 321 cm³/mol. The van der Waals surface area contributed by atoms with Crippen molar-refractivity contribution in [2.75, 3.05) is 13.2 Å². The van der Waals surface area contributed by atoms with E-state index < -0.39 is 6.10 Å². The summed E-state index contributed by atoms with van der Waals surface area (Å²) in [5, 5.41) is 0. The van der Waals surface area contributed by atoms with Gasteiger partial charge in [0.1, 0.15) is 13.2 Å². The van der Waals surface area contributed by atoms with Crippen LogP contribution < -0.4 is 0 Å². The number of esters is 3. The van der Waals surface area contributed by atoms with Crippen LogP contribution in [0.1, 0.15) is 348 Å². The molecule has 0 aromatic heterocycles. The van der Waals surface area contributed by atoms with Crippen molar-refractivity contribution in [1.82, 2.24) is 0 Å². The molecule has 0 aliphatic carbocycles. The van der Waals surface area contributed by atoms with Crippen molar-refractivity contribution in [3.63, 3.8) is 0 Å². The molecule has 1 unspecified atom stereocenters. The molecule has 0 aliphatic rings. The van der Waals surface area contributed by atoms with E-state index in [0.29, 0.717) is 19.3 Å². The molecular formula is C68H124O6. The number of hydrogen-bond acceptors (Lipinski definition) is 6. The van der Waals surface area contributed by atoms with Gasteiger partial charge in [-0.3, -0.25) is 14.4 Å². The van der Waals surface area contributed by atoms with Crippen molar-refractivity contribution in [1.29, 1.82) is 0 Å². The first-order valence-corrected chi connectivity index (χ1v) is 32.6. The first-order chi connectivity index (χ1) is 36.5. The standard InChI is InChI=1S/C68H124O6/c1-4-7-10-13-16-19-22-25-28-31-34-37-40-43-46-49-52-55-58-61-67(70)73-64-65(63-72-66(69)60-57-54-51-48-45-42-39-36-33-30-27-24-21-18-15-12-9-6-3)74-68(71)62-59-56-53-50-47-44-41-38-35-32-29-26-23-20-17-14-11-8-5-2/h16,19,25-26,28-30,33,65H,4-15,17-18,20-24,27,31-32,34-64H2,1-3H3/b19-16-,28-25-,29-26-,33-30-. The molecule has 0 fully saturated rings. The molecule has 0 aromatic rings. The van der Waals surface area contributed by atoms with Crippen molar-refractivity contribution in [3.05, 3.63) is 48.6 Å². The lowest BCUT2D eigenvalue weighted by molar-refractivity contribution is -0.167. The Bertz CT molecular complexity index is 1280. The van der Waals surface area contributed by atoms with Gasteiger partial charge in [-0.1, -0.05) is 275 Å². The lowest BCUT2D eigenvalue weighted by Gasteiger charge is -2.18. The molecule has 432 valence electrons. The van der Waals surface area contributed by atoms with Gasteiger partial charge in [-0.15, -0.1) is 0 Å². The maximum atomic E-state index is 12.9. The number of unbranched alkanes of at least 4 members (excludes halogenated alkanes) is 41. The van der Waals surface area contributed by atoms with Gasteiger partial charge in [-0.05, 0) is 103 Å². The summed E-state index contributed by atoms with van der Waals surface area (Å²) in [5.74, 6) is -0.864. The zero-order chi connectivity index (χ0) is 53.6. The SMILES string of the molecule is CCCCC/C=C\C/C=C\CCCCCCCCCCCC(=O)OCC(COC(=O)CCCCCCCCC/C=C\CCCCCCCCC)OC(=O)CCCCCCCCCCC/C=C\CCCCCCCC. The fourth-order valence-corrected chi connectivity index (χ4v) is 9.58. The number of carbonyl (C=O) groups is 3. The van der Waals surface area contributed by atoms with E-state index in [2.05, 4.69) is 69.4 Å². The maximum absolute atomic E-state index is 12.9. The number of rotatable bonds is 60. The van der Waals surface area contributed by atoms with E-state index in [9.17, 15) is 14.4 Å². The smallest absolute Gasteiger partial charge is 0.306 e. The van der Waals surface area contributed by atoms with Crippen LogP contribution in [0.5, 0.6) is 0 Å². The average Bonchev–Trinajstić information content (AvgIpc) is 3.40. The van der Waals surface area contributed by atoms with Gasteiger partial charge in [0.05, 0.1) is 0 Å². The van der Waals surface area contributed by atoms with E-state index in [1.807, 2.05) is 0 Å². The molecule has 0 radical (unpaired) electrons. The summed E-state index contributed by atoms with van der Waals surface area (Å²) in [5.41, 5.74) is 0. The van der Waals surface area contributed by atoms with Crippen LogP contribution in [-0.4, -0.2) is 37.2 Å². The summed E-state index contributed by atoms with van der Waals surface area (Å²) in [6, 6.07) is 0. The monoisotopic (exact) mass is 1040 g/mol.